The Kier molecular flexibility index (Phi) is 7.44. The summed E-state index contributed by atoms with van der Waals surface area (Å²) in [6, 6.07) is 15.8. The summed E-state index contributed by atoms with van der Waals surface area (Å²) >= 11 is 6.40. The van der Waals surface area contributed by atoms with E-state index in [0.29, 0.717) is 53.6 Å². The number of esters is 2. The smallest absolute Gasteiger partial charge is 0.329 e. The van der Waals surface area contributed by atoms with E-state index in [-0.39, 0.29) is 5.69 Å². The number of carbonyl (C=O) groups is 2. The first kappa shape index (κ1) is 24.4. The number of hydrogen-bond donors (Lipinski definition) is 0. The van der Waals surface area contributed by atoms with E-state index in [1.165, 1.54) is 14.2 Å². The highest BCUT2D eigenvalue weighted by Crippen LogP contribution is 2.32. The number of carbonyl (C=O) groups excluding carboxylic acids is 2. The van der Waals surface area contributed by atoms with Crippen molar-refractivity contribution in [1.82, 2.24) is 14.9 Å². The van der Waals surface area contributed by atoms with Crippen molar-refractivity contribution >= 4 is 40.4 Å². The third-order valence-corrected chi connectivity index (χ3v) is 6.36. The molecule has 0 amide bonds. The van der Waals surface area contributed by atoms with Gasteiger partial charge in [-0.25, -0.2) is 14.8 Å². The third-order valence-electron chi connectivity index (χ3n) is 6.02. The first-order valence-corrected chi connectivity index (χ1v) is 11.4. The van der Waals surface area contributed by atoms with Crippen molar-refractivity contribution in [3.05, 3.63) is 64.8 Å². The van der Waals surface area contributed by atoms with Gasteiger partial charge < -0.3 is 14.4 Å². The SMILES string of the molecule is COC(=O)C(C#N)c1nc2ccccc2nc1N1CCN(C(C(=O)OC)c2ccccc2Cl)CC1. The van der Waals surface area contributed by atoms with Gasteiger partial charge in [-0.1, -0.05) is 41.9 Å². The zero-order valence-corrected chi connectivity index (χ0v) is 20.1. The van der Waals surface area contributed by atoms with Gasteiger partial charge in [-0.2, -0.15) is 5.26 Å². The number of nitrogens with zero attached hydrogens (tertiary/aromatic N) is 5. The lowest BCUT2D eigenvalue weighted by atomic mass is 10.0. The lowest BCUT2D eigenvalue weighted by molar-refractivity contribution is -0.147. The summed E-state index contributed by atoms with van der Waals surface area (Å²) in [5.41, 5.74) is 2.16. The van der Waals surface area contributed by atoms with Crippen LogP contribution in [0.5, 0.6) is 0 Å². The van der Waals surface area contributed by atoms with Gasteiger partial charge in [0.15, 0.2) is 11.7 Å². The molecule has 0 aliphatic carbocycles. The van der Waals surface area contributed by atoms with Crippen LogP contribution in [0.15, 0.2) is 48.5 Å². The number of methoxy groups -OCH3 is 2. The quantitative estimate of drug-likeness (QED) is 0.478. The summed E-state index contributed by atoms with van der Waals surface area (Å²) < 4.78 is 9.92. The standard InChI is InChI=1S/C25H24ClN5O4/c1-34-24(32)17(15-27)21-23(29-20-10-6-5-9-19(20)28-21)31-13-11-30(12-14-31)22(25(33)35-2)16-7-3-4-8-18(16)26/h3-10,17,22H,11-14H2,1-2H3. The number of nitriles is 1. The molecule has 0 N–H and O–H groups in total. The van der Waals surface area contributed by atoms with Gasteiger partial charge in [0.1, 0.15) is 11.7 Å². The average molecular weight is 494 g/mol. The van der Waals surface area contributed by atoms with Crippen LogP contribution in [0.1, 0.15) is 23.2 Å². The number of anilines is 1. The van der Waals surface area contributed by atoms with E-state index >= 15 is 0 Å². The summed E-state index contributed by atoms with van der Waals surface area (Å²) in [5, 5.41) is 10.2. The van der Waals surface area contributed by atoms with Gasteiger partial charge in [-0.3, -0.25) is 9.69 Å². The van der Waals surface area contributed by atoms with Crippen molar-refractivity contribution in [3.63, 3.8) is 0 Å². The van der Waals surface area contributed by atoms with Crippen LogP contribution in [0, 0.1) is 11.3 Å². The van der Waals surface area contributed by atoms with E-state index in [9.17, 15) is 14.9 Å². The van der Waals surface area contributed by atoms with Crippen LogP contribution < -0.4 is 4.90 Å². The summed E-state index contributed by atoms with van der Waals surface area (Å²) in [6.07, 6.45) is 0. The molecule has 1 aromatic heterocycles. The molecule has 0 bridgehead atoms. The van der Waals surface area contributed by atoms with Crippen LogP contribution in [0.3, 0.4) is 0 Å². The van der Waals surface area contributed by atoms with Gasteiger partial charge in [0.05, 0.1) is 31.3 Å². The van der Waals surface area contributed by atoms with Gasteiger partial charge in [0.25, 0.3) is 0 Å². The van der Waals surface area contributed by atoms with Crippen molar-refractivity contribution in [2.75, 3.05) is 45.3 Å². The number of aromatic nitrogens is 2. The van der Waals surface area contributed by atoms with Gasteiger partial charge in [-0.15, -0.1) is 0 Å². The molecule has 2 aromatic carbocycles. The molecule has 3 aromatic rings. The fourth-order valence-electron chi connectivity index (χ4n) is 4.25. The van der Waals surface area contributed by atoms with E-state index in [0.717, 1.165) is 0 Å². The molecule has 1 fully saturated rings. The second-order valence-electron chi connectivity index (χ2n) is 7.98. The minimum atomic E-state index is -1.21. The van der Waals surface area contributed by atoms with E-state index in [4.69, 9.17) is 26.1 Å². The number of para-hydroxylation sites is 2. The number of benzene rings is 2. The maximum Gasteiger partial charge on any atom is 0.329 e. The highest BCUT2D eigenvalue weighted by atomic mass is 35.5. The molecule has 0 spiro atoms. The number of hydrogen-bond acceptors (Lipinski definition) is 9. The van der Waals surface area contributed by atoms with Crippen LogP contribution >= 0.6 is 11.6 Å². The normalized spacial score (nSPS) is 15.8. The Morgan fingerprint density at radius 2 is 1.54 bits per heavy atom. The molecule has 180 valence electrons. The Labute approximate surface area is 207 Å². The molecule has 9 nitrogen and oxygen atoms in total. The highest BCUT2D eigenvalue weighted by Gasteiger charge is 2.35. The van der Waals surface area contributed by atoms with Crippen molar-refractivity contribution in [2.24, 2.45) is 0 Å². The summed E-state index contributed by atoms with van der Waals surface area (Å²) in [6.45, 7) is 1.96. The monoisotopic (exact) mass is 493 g/mol. The number of ether oxygens (including phenoxy) is 2. The van der Waals surface area contributed by atoms with E-state index in [1.807, 2.05) is 52.3 Å². The lowest BCUT2D eigenvalue weighted by Crippen LogP contribution is -2.50. The zero-order chi connectivity index (χ0) is 24.9. The van der Waals surface area contributed by atoms with Crippen molar-refractivity contribution in [3.8, 4) is 6.07 Å². The number of piperazine rings is 1. The van der Waals surface area contributed by atoms with Crippen LogP contribution in [-0.2, 0) is 19.1 Å². The molecule has 0 radical (unpaired) electrons. The Morgan fingerprint density at radius 1 is 0.943 bits per heavy atom. The molecular formula is C25H24ClN5O4. The van der Waals surface area contributed by atoms with Crippen LogP contribution in [0.4, 0.5) is 5.82 Å². The van der Waals surface area contributed by atoms with E-state index in [1.54, 1.807) is 12.1 Å². The van der Waals surface area contributed by atoms with Gasteiger partial charge >= 0.3 is 11.9 Å². The third kappa shape index (κ3) is 4.90. The van der Waals surface area contributed by atoms with Gasteiger partial charge in [0.2, 0.25) is 0 Å². The Bertz CT molecular complexity index is 1290. The molecule has 1 aliphatic heterocycles. The Balaban J connectivity index is 1.66. The Morgan fingerprint density at radius 3 is 2.14 bits per heavy atom. The highest BCUT2D eigenvalue weighted by molar-refractivity contribution is 6.31. The summed E-state index contributed by atoms with van der Waals surface area (Å²) in [5.74, 6) is -1.85. The van der Waals surface area contributed by atoms with Crippen molar-refractivity contribution in [2.45, 2.75) is 12.0 Å². The minimum Gasteiger partial charge on any atom is -0.468 e. The van der Waals surface area contributed by atoms with Crippen LogP contribution in [0.2, 0.25) is 5.02 Å². The van der Waals surface area contributed by atoms with Crippen molar-refractivity contribution < 1.29 is 19.1 Å². The zero-order valence-electron chi connectivity index (χ0n) is 19.3. The van der Waals surface area contributed by atoms with E-state index < -0.39 is 23.9 Å². The minimum absolute atomic E-state index is 0.252. The largest absolute Gasteiger partial charge is 0.468 e. The van der Waals surface area contributed by atoms with Crippen LogP contribution in [0.25, 0.3) is 11.0 Å². The lowest BCUT2D eigenvalue weighted by Gasteiger charge is -2.39. The molecule has 10 heteroatoms. The Hall–Kier alpha value is -3.74. The number of halogens is 1. The first-order chi connectivity index (χ1) is 17.0. The summed E-state index contributed by atoms with van der Waals surface area (Å²) in [4.78, 5) is 38.4. The first-order valence-electron chi connectivity index (χ1n) is 11.0. The maximum absolute atomic E-state index is 12.7. The van der Waals surface area contributed by atoms with Crippen molar-refractivity contribution in [1.29, 1.82) is 5.26 Å². The molecule has 1 saturated heterocycles. The predicted molar refractivity (Wildman–Crippen MR) is 130 cm³/mol. The number of rotatable bonds is 6. The molecule has 35 heavy (non-hydrogen) atoms. The molecule has 1 aliphatic rings. The van der Waals surface area contributed by atoms with E-state index in [2.05, 4.69) is 4.98 Å². The fourth-order valence-corrected chi connectivity index (χ4v) is 4.49. The fraction of sp³-hybridized carbons (Fsp3) is 0.320. The molecule has 2 heterocycles. The second kappa shape index (κ2) is 10.7. The second-order valence-corrected chi connectivity index (χ2v) is 8.38. The molecule has 2 unspecified atom stereocenters. The molecule has 0 saturated carbocycles. The molecule has 4 rings (SSSR count). The molecule has 2 atom stereocenters. The number of fused-ring (bicyclic) bond motifs is 1. The molecular weight excluding hydrogens is 470 g/mol. The predicted octanol–water partition coefficient (Wildman–Crippen LogP) is 3.10. The topological polar surface area (TPSA) is 109 Å². The summed E-state index contributed by atoms with van der Waals surface area (Å²) in [7, 11) is 2.59. The van der Waals surface area contributed by atoms with Crippen LogP contribution in [-0.4, -0.2) is 67.2 Å². The van der Waals surface area contributed by atoms with Gasteiger partial charge in [0, 0.05) is 31.2 Å². The maximum atomic E-state index is 12.7. The van der Waals surface area contributed by atoms with Gasteiger partial charge in [-0.05, 0) is 23.8 Å². The average Bonchev–Trinajstić information content (AvgIpc) is 2.90.